The first-order valence-corrected chi connectivity index (χ1v) is 8.67. The quantitative estimate of drug-likeness (QED) is 0.707. The number of aliphatic carboxylic acids is 1. The van der Waals surface area contributed by atoms with E-state index in [1.54, 1.807) is 17.3 Å². The van der Waals surface area contributed by atoms with E-state index in [1.807, 2.05) is 12.1 Å². The van der Waals surface area contributed by atoms with Crippen LogP contribution in [0.1, 0.15) is 29.8 Å². The molecule has 2 amide bonds. The lowest BCUT2D eigenvalue weighted by Crippen LogP contribution is -2.37. The van der Waals surface area contributed by atoms with E-state index in [0.717, 1.165) is 29.8 Å². The molecule has 1 aliphatic heterocycles. The van der Waals surface area contributed by atoms with Crippen molar-refractivity contribution in [1.29, 1.82) is 0 Å². The minimum absolute atomic E-state index is 0.00577. The molecule has 29 heavy (non-hydrogen) atoms. The second-order valence-electron chi connectivity index (χ2n) is 6.49. The fourth-order valence-electron chi connectivity index (χ4n) is 2.54. The Morgan fingerprint density at radius 2 is 2.07 bits per heavy atom. The highest BCUT2D eigenvalue weighted by atomic mass is 19.4. The van der Waals surface area contributed by atoms with Crippen LogP contribution in [0, 0.1) is 0 Å². The minimum atomic E-state index is -5.08. The zero-order valence-electron chi connectivity index (χ0n) is 15.1. The van der Waals surface area contributed by atoms with E-state index in [0.29, 0.717) is 31.5 Å². The molecule has 156 valence electrons. The van der Waals surface area contributed by atoms with Crippen LogP contribution in [0.2, 0.25) is 0 Å². The Hall–Kier alpha value is -3.31. The molecule has 0 bridgehead atoms. The molecule has 2 aliphatic rings. The van der Waals surface area contributed by atoms with Crippen LogP contribution in [0.4, 0.5) is 18.0 Å². The predicted molar refractivity (Wildman–Crippen MR) is 91.6 cm³/mol. The minimum Gasteiger partial charge on any atom is -0.486 e. The molecule has 0 radical (unpaired) electrons. The van der Waals surface area contributed by atoms with Crippen LogP contribution in [0.3, 0.4) is 0 Å². The van der Waals surface area contributed by atoms with Gasteiger partial charge in [-0.15, -0.1) is 0 Å². The van der Waals surface area contributed by atoms with Gasteiger partial charge in [0.25, 0.3) is 0 Å². The summed E-state index contributed by atoms with van der Waals surface area (Å²) >= 11 is 0. The lowest BCUT2D eigenvalue weighted by atomic mass is 10.2. The SMILES string of the molecule is O=C(NC1CC1)N1Cc2[nH]nc(COc3cccnc3)c2C1.O=C(O)C(F)(F)F. The van der Waals surface area contributed by atoms with Crippen LogP contribution in [0.15, 0.2) is 24.5 Å². The third-order valence-corrected chi connectivity index (χ3v) is 4.18. The van der Waals surface area contributed by atoms with Crippen molar-refractivity contribution in [3.63, 3.8) is 0 Å². The second kappa shape index (κ2) is 8.37. The molecule has 12 heteroatoms. The molecule has 2 aromatic rings. The molecule has 3 N–H and O–H groups in total. The van der Waals surface area contributed by atoms with Crippen molar-refractivity contribution in [3.8, 4) is 5.75 Å². The molecule has 0 spiro atoms. The summed E-state index contributed by atoms with van der Waals surface area (Å²) in [6, 6.07) is 4.06. The average molecular weight is 413 g/mol. The number of aromatic amines is 1. The number of pyridine rings is 1. The van der Waals surface area contributed by atoms with Gasteiger partial charge in [0.05, 0.1) is 25.0 Å². The van der Waals surface area contributed by atoms with Gasteiger partial charge >= 0.3 is 18.2 Å². The molecule has 1 aliphatic carbocycles. The summed E-state index contributed by atoms with van der Waals surface area (Å²) in [6.45, 7) is 1.53. The van der Waals surface area contributed by atoms with E-state index in [-0.39, 0.29) is 6.03 Å². The summed E-state index contributed by atoms with van der Waals surface area (Å²) in [5.74, 6) is -2.05. The first-order chi connectivity index (χ1) is 13.7. The van der Waals surface area contributed by atoms with Gasteiger partial charge in [0.1, 0.15) is 18.1 Å². The highest BCUT2D eigenvalue weighted by Gasteiger charge is 2.38. The lowest BCUT2D eigenvalue weighted by molar-refractivity contribution is -0.192. The molecule has 1 saturated carbocycles. The number of hydrogen-bond donors (Lipinski definition) is 3. The maximum atomic E-state index is 12.1. The van der Waals surface area contributed by atoms with Gasteiger partial charge in [0.2, 0.25) is 0 Å². The second-order valence-corrected chi connectivity index (χ2v) is 6.49. The van der Waals surface area contributed by atoms with Crippen LogP contribution in [0.5, 0.6) is 5.75 Å². The Balaban J connectivity index is 0.000000298. The van der Waals surface area contributed by atoms with Gasteiger partial charge < -0.3 is 20.1 Å². The zero-order chi connectivity index (χ0) is 21.0. The number of rotatable bonds is 4. The van der Waals surface area contributed by atoms with Crippen LogP contribution in [0.25, 0.3) is 0 Å². The summed E-state index contributed by atoms with van der Waals surface area (Å²) in [6.07, 6.45) is 0.477. The van der Waals surface area contributed by atoms with Gasteiger partial charge in [-0.05, 0) is 25.0 Å². The molecule has 3 heterocycles. The predicted octanol–water partition coefficient (Wildman–Crippen LogP) is 2.20. The normalized spacial score (nSPS) is 15.2. The van der Waals surface area contributed by atoms with Crippen LogP contribution in [-0.2, 0) is 24.5 Å². The Kier molecular flexibility index (Phi) is 5.89. The van der Waals surface area contributed by atoms with E-state index in [9.17, 15) is 18.0 Å². The van der Waals surface area contributed by atoms with E-state index in [4.69, 9.17) is 14.6 Å². The Labute approximate surface area is 162 Å². The number of nitrogens with one attached hydrogen (secondary N) is 2. The average Bonchev–Trinajstić information content (AvgIpc) is 3.25. The molecule has 0 atom stereocenters. The number of amides is 2. The molecule has 0 unspecified atom stereocenters. The standard InChI is InChI=1S/C15H17N5O2.C2HF3O2/c21-15(17-10-3-4-10)20-7-12-13(8-20)18-19-14(12)9-22-11-2-1-5-16-6-11;3-2(4,5)1(6)7/h1-2,5-6,10H,3-4,7-9H2,(H,17,21)(H,18,19);(H,6,7). The number of carbonyl (C=O) groups excluding carboxylic acids is 1. The monoisotopic (exact) mass is 413 g/mol. The molecule has 0 saturated heterocycles. The maximum Gasteiger partial charge on any atom is 0.490 e. The number of ether oxygens (including phenoxy) is 1. The number of hydrogen-bond acceptors (Lipinski definition) is 5. The van der Waals surface area contributed by atoms with Gasteiger partial charge in [-0.1, -0.05) is 0 Å². The maximum absolute atomic E-state index is 12.1. The number of aromatic nitrogens is 3. The Morgan fingerprint density at radius 1 is 1.34 bits per heavy atom. The van der Waals surface area contributed by atoms with E-state index in [1.165, 1.54) is 0 Å². The smallest absolute Gasteiger partial charge is 0.486 e. The molecule has 0 aromatic carbocycles. The third-order valence-electron chi connectivity index (χ3n) is 4.18. The summed E-state index contributed by atoms with van der Waals surface area (Å²) < 4.78 is 37.4. The first-order valence-electron chi connectivity index (χ1n) is 8.67. The van der Waals surface area contributed by atoms with E-state index >= 15 is 0 Å². The van der Waals surface area contributed by atoms with Crippen LogP contribution < -0.4 is 10.1 Å². The molecular weight excluding hydrogens is 395 g/mol. The van der Waals surface area contributed by atoms with Crippen LogP contribution in [-0.4, -0.2) is 49.4 Å². The highest BCUT2D eigenvalue weighted by molar-refractivity contribution is 5.75. The summed E-state index contributed by atoms with van der Waals surface area (Å²) in [5.41, 5.74) is 2.91. The van der Waals surface area contributed by atoms with Crippen molar-refractivity contribution in [2.45, 2.75) is 44.8 Å². The van der Waals surface area contributed by atoms with Gasteiger partial charge in [0, 0.05) is 17.8 Å². The molecule has 4 rings (SSSR count). The van der Waals surface area contributed by atoms with Gasteiger partial charge in [-0.3, -0.25) is 10.1 Å². The number of carboxylic acid groups (broad SMARTS) is 1. The van der Waals surface area contributed by atoms with Crippen LogP contribution >= 0.6 is 0 Å². The number of nitrogens with zero attached hydrogens (tertiary/aromatic N) is 3. The van der Waals surface area contributed by atoms with Crippen molar-refractivity contribution >= 4 is 12.0 Å². The molecule has 1 fully saturated rings. The fourth-order valence-corrected chi connectivity index (χ4v) is 2.54. The Morgan fingerprint density at radius 3 is 2.66 bits per heavy atom. The van der Waals surface area contributed by atoms with Crippen molar-refractivity contribution < 1.29 is 32.6 Å². The number of halogens is 3. The largest absolute Gasteiger partial charge is 0.490 e. The van der Waals surface area contributed by atoms with E-state index < -0.39 is 12.1 Å². The lowest BCUT2D eigenvalue weighted by Gasteiger charge is -2.16. The highest BCUT2D eigenvalue weighted by Crippen LogP contribution is 2.26. The number of carbonyl (C=O) groups is 2. The van der Waals surface area contributed by atoms with E-state index in [2.05, 4.69) is 20.5 Å². The number of carboxylic acids is 1. The summed E-state index contributed by atoms with van der Waals surface area (Å²) in [7, 11) is 0. The number of urea groups is 1. The zero-order valence-corrected chi connectivity index (χ0v) is 15.1. The van der Waals surface area contributed by atoms with Crippen molar-refractivity contribution in [2.75, 3.05) is 0 Å². The summed E-state index contributed by atoms with van der Waals surface area (Å²) in [4.78, 5) is 26.8. The summed E-state index contributed by atoms with van der Waals surface area (Å²) in [5, 5.41) is 17.4. The Bertz CT molecular complexity index is 868. The van der Waals surface area contributed by atoms with Crippen molar-refractivity contribution in [3.05, 3.63) is 41.5 Å². The topological polar surface area (TPSA) is 120 Å². The van der Waals surface area contributed by atoms with Crippen molar-refractivity contribution in [1.82, 2.24) is 25.4 Å². The number of fused-ring (bicyclic) bond motifs is 1. The molecule has 2 aromatic heterocycles. The molecule has 9 nitrogen and oxygen atoms in total. The third kappa shape index (κ3) is 5.59. The molecular formula is C17H18F3N5O4. The fraction of sp³-hybridized carbons (Fsp3) is 0.412. The van der Waals surface area contributed by atoms with Gasteiger partial charge in [0.15, 0.2) is 0 Å². The number of alkyl halides is 3. The first kappa shape index (κ1) is 20.4. The van der Waals surface area contributed by atoms with Crippen molar-refractivity contribution in [2.24, 2.45) is 0 Å². The number of H-pyrrole nitrogens is 1. The van der Waals surface area contributed by atoms with Gasteiger partial charge in [-0.2, -0.15) is 18.3 Å². The van der Waals surface area contributed by atoms with Gasteiger partial charge in [-0.25, -0.2) is 9.59 Å².